The molecule has 0 aromatic heterocycles. The molecule has 2 rings (SSSR count). The van der Waals surface area contributed by atoms with Crippen molar-refractivity contribution < 1.29 is 18.3 Å². The number of alkyl halides is 2. The molecule has 0 aliphatic heterocycles. The van der Waals surface area contributed by atoms with Gasteiger partial charge < -0.3 is 10.1 Å². The van der Waals surface area contributed by atoms with Gasteiger partial charge >= 0.3 is 6.61 Å². The van der Waals surface area contributed by atoms with E-state index >= 15 is 0 Å². The van der Waals surface area contributed by atoms with E-state index in [1.165, 1.54) is 12.1 Å². The summed E-state index contributed by atoms with van der Waals surface area (Å²) in [5.41, 5.74) is 0.862. The summed E-state index contributed by atoms with van der Waals surface area (Å²) >= 11 is 11.9. The Morgan fingerprint density at radius 3 is 2.57 bits per heavy atom. The number of rotatable bonds is 5. The van der Waals surface area contributed by atoms with Gasteiger partial charge in [0.05, 0.1) is 21.7 Å². The van der Waals surface area contributed by atoms with E-state index < -0.39 is 18.6 Å². The van der Waals surface area contributed by atoms with Crippen molar-refractivity contribution in [1.82, 2.24) is 5.32 Å². The van der Waals surface area contributed by atoms with Crippen molar-refractivity contribution in [1.29, 1.82) is 0 Å². The molecule has 0 saturated carbocycles. The Hall–Kier alpha value is -1.85. The lowest BCUT2D eigenvalue weighted by Gasteiger charge is -2.16. The Balaban J connectivity index is 2.14. The summed E-state index contributed by atoms with van der Waals surface area (Å²) in [6, 6.07) is 10.4. The average Bonchev–Trinajstić information content (AvgIpc) is 2.49. The molecular formula is C16H13Cl2F2NO2. The number of benzene rings is 2. The molecule has 3 nitrogen and oxygen atoms in total. The van der Waals surface area contributed by atoms with Crippen LogP contribution in [0.3, 0.4) is 0 Å². The SMILES string of the molecule is CC(NC(=O)c1cccc(Cl)c1Cl)c1cccc(OC(F)F)c1. The van der Waals surface area contributed by atoms with E-state index in [-0.39, 0.29) is 21.4 Å². The third-order valence-corrected chi connectivity index (χ3v) is 3.95. The molecule has 1 N–H and O–H groups in total. The van der Waals surface area contributed by atoms with E-state index in [0.717, 1.165) is 0 Å². The topological polar surface area (TPSA) is 38.3 Å². The van der Waals surface area contributed by atoms with Crippen LogP contribution in [0.4, 0.5) is 8.78 Å². The molecule has 1 amide bonds. The second-order valence-corrected chi connectivity index (χ2v) is 5.53. The lowest BCUT2D eigenvalue weighted by Crippen LogP contribution is -2.27. The van der Waals surface area contributed by atoms with Gasteiger partial charge in [-0.1, -0.05) is 41.4 Å². The predicted octanol–water partition coefficient (Wildman–Crippen LogP) is 5.09. The van der Waals surface area contributed by atoms with Crippen molar-refractivity contribution in [2.45, 2.75) is 19.6 Å². The van der Waals surface area contributed by atoms with Crippen LogP contribution in [0.15, 0.2) is 42.5 Å². The molecule has 1 atom stereocenters. The molecule has 0 heterocycles. The first kappa shape index (κ1) is 17.5. The Labute approximate surface area is 142 Å². The maximum atomic E-state index is 12.3. The second kappa shape index (κ2) is 7.62. The molecule has 0 bridgehead atoms. The zero-order chi connectivity index (χ0) is 17.0. The molecule has 0 spiro atoms. The molecular weight excluding hydrogens is 347 g/mol. The van der Waals surface area contributed by atoms with Gasteiger partial charge in [0.15, 0.2) is 0 Å². The van der Waals surface area contributed by atoms with E-state index in [4.69, 9.17) is 23.2 Å². The van der Waals surface area contributed by atoms with Crippen LogP contribution < -0.4 is 10.1 Å². The van der Waals surface area contributed by atoms with E-state index in [1.54, 1.807) is 37.3 Å². The van der Waals surface area contributed by atoms with Gasteiger partial charge in [-0.15, -0.1) is 0 Å². The summed E-state index contributed by atoms with van der Waals surface area (Å²) in [5, 5.41) is 3.17. The first-order chi connectivity index (χ1) is 10.9. The second-order valence-electron chi connectivity index (χ2n) is 4.75. The van der Waals surface area contributed by atoms with Gasteiger partial charge in [-0.05, 0) is 36.8 Å². The normalized spacial score (nSPS) is 12.1. The molecule has 7 heteroatoms. The lowest BCUT2D eigenvalue weighted by atomic mass is 10.1. The van der Waals surface area contributed by atoms with Crippen LogP contribution in [-0.2, 0) is 0 Å². The Bertz CT molecular complexity index is 710. The lowest BCUT2D eigenvalue weighted by molar-refractivity contribution is -0.0499. The van der Waals surface area contributed by atoms with E-state index in [1.807, 2.05) is 0 Å². The molecule has 0 saturated heterocycles. The van der Waals surface area contributed by atoms with Gasteiger partial charge in [-0.3, -0.25) is 4.79 Å². The highest BCUT2D eigenvalue weighted by atomic mass is 35.5. The van der Waals surface area contributed by atoms with Crippen molar-refractivity contribution >= 4 is 29.1 Å². The molecule has 2 aromatic carbocycles. The first-order valence-corrected chi connectivity index (χ1v) is 7.43. The molecule has 0 aliphatic carbocycles. The summed E-state index contributed by atoms with van der Waals surface area (Å²) in [6.45, 7) is -1.18. The Morgan fingerprint density at radius 2 is 1.87 bits per heavy atom. The summed E-state index contributed by atoms with van der Waals surface area (Å²) in [6.07, 6.45) is 0. The summed E-state index contributed by atoms with van der Waals surface area (Å²) in [5.74, 6) is -0.385. The fourth-order valence-corrected chi connectivity index (χ4v) is 2.38. The van der Waals surface area contributed by atoms with Crippen LogP contribution in [0.25, 0.3) is 0 Å². The van der Waals surface area contributed by atoms with Gasteiger partial charge in [0.2, 0.25) is 0 Å². The molecule has 122 valence electrons. The number of nitrogens with one attached hydrogen (secondary N) is 1. The highest BCUT2D eigenvalue weighted by Crippen LogP contribution is 2.26. The fourth-order valence-electron chi connectivity index (χ4n) is 2.00. The van der Waals surface area contributed by atoms with Crippen LogP contribution in [-0.4, -0.2) is 12.5 Å². The maximum Gasteiger partial charge on any atom is 0.387 e. The van der Waals surface area contributed by atoms with Crippen molar-refractivity contribution in [3.05, 3.63) is 63.6 Å². The van der Waals surface area contributed by atoms with Crippen molar-refractivity contribution in [3.63, 3.8) is 0 Å². The standard InChI is InChI=1S/C16H13Cl2F2NO2/c1-9(10-4-2-5-11(8-10)23-16(19)20)21-15(22)12-6-3-7-13(17)14(12)18/h2-9,16H,1H3,(H,21,22). The number of carbonyl (C=O) groups excluding carboxylic acids is 1. The predicted molar refractivity (Wildman–Crippen MR) is 85.4 cm³/mol. The molecule has 0 radical (unpaired) electrons. The zero-order valence-corrected chi connectivity index (χ0v) is 13.5. The summed E-state index contributed by atoms with van der Waals surface area (Å²) in [7, 11) is 0. The third-order valence-electron chi connectivity index (χ3n) is 3.13. The van der Waals surface area contributed by atoms with E-state index in [2.05, 4.69) is 10.1 Å². The van der Waals surface area contributed by atoms with Crippen LogP contribution >= 0.6 is 23.2 Å². The van der Waals surface area contributed by atoms with Crippen LogP contribution in [0, 0.1) is 0 Å². The van der Waals surface area contributed by atoms with Crippen molar-refractivity contribution in [2.75, 3.05) is 0 Å². The average molecular weight is 360 g/mol. The molecule has 0 aliphatic rings. The van der Waals surface area contributed by atoms with Crippen LogP contribution in [0.5, 0.6) is 5.75 Å². The number of hydrogen-bond donors (Lipinski definition) is 1. The van der Waals surface area contributed by atoms with Crippen molar-refractivity contribution in [2.24, 2.45) is 0 Å². The number of halogens is 4. The van der Waals surface area contributed by atoms with Gasteiger partial charge in [-0.2, -0.15) is 8.78 Å². The highest BCUT2D eigenvalue weighted by molar-refractivity contribution is 6.43. The summed E-state index contributed by atoms with van der Waals surface area (Å²) < 4.78 is 28.8. The number of hydrogen-bond acceptors (Lipinski definition) is 2. The Morgan fingerprint density at radius 1 is 1.17 bits per heavy atom. The number of carbonyl (C=O) groups is 1. The number of amides is 1. The molecule has 23 heavy (non-hydrogen) atoms. The molecule has 0 fully saturated rings. The Kier molecular flexibility index (Phi) is 5.80. The quantitative estimate of drug-likeness (QED) is 0.807. The van der Waals surface area contributed by atoms with E-state index in [9.17, 15) is 13.6 Å². The smallest absolute Gasteiger partial charge is 0.387 e. The van der Waals surface area contributed by atoms with Crippen LogP contribution in [0.2, 0.25) is 10.0 Å². The third kappa shape index (κ3) is 4.56. The number of ether oxygens (including phenoxy) is 1. The zero-order valence-electron chi connectivity index (χ0n) is 12.0. The minimum absolute atomic E-state index is 0.0272. The highest BCUT2D eigenvalue weighted by Gasteiger charge is 2.16. The fraction of sp³-hybridized carbons (Fsp3) is 0.188. The van der Waals surface area contributed by atoms with E-state index in [0.29, 0.717) is 5.56 Å². The summed E-state index contributed by atoms with van der Waals surface area (Å²) in [4.78, 5) is 12.3. The minimum Gasteiger partial charge on any atom is -0.435 e. The maximum absolute atomic E-state index is 12.3. The van der Waals surface area contributed by atoms with Gasteiger partial charge in [-0.25, -0.2) is 0 Å². The van der Waals surface area contributed by atoms with Crippen molar-refractivity contribution in [3.8, 4) is 5.75 Å². The molecule has 2 aromatic rings. The van der Waals surface area contributed by atoms with Crippen LogP contribution in [0.1, 0.15) is 28.9 Å². The molecule has 1 unspecified atom stereocenters. The van der Waals surface area contributed by atoms with Gasteiger partial charge in [0.25, 0.3) is 5.91 Å². The first-order valence-electron chi connectivity index (χ1n) is 6.68. The minimum atomic E-state index is -2.90. The largest absolute Gasteiger partial charge is 0.435 e. The van der Waals surface area contributed by atoms with Gasteiger partial charge in [0, 0.05) is 0 Å². The monoisotopic (exact) mass is 359 g/mol. The van der Waals surface area contributed by atoms with Gasteiger partial charge in [0.1, 0.15) is 5.75 Å².